The largest absolute Gasteiger partial charge is 0.481 e. The van der Waals surface area contributed by atoms with Crippen molar-refractivity contribution in [3.05, 3.63) is 0 Å². The molecule has 1 rings (SSSR count). The van der Waals surface area contributed by atoms with Gasteiger partial charge in [-0.25, -0.2) is 4.79 Å². The maximum Gasteiger partial charge on any atom is 0.410 e. The number of cyclic esters (lactones) is 1. The van der Waals surface area contributed by atoms with Gasteiger partial charge in [0.1, 0.15) is 6.61 Å². The first-order valence-corrected chi connectivity index (χ1v) is 4.89. The number of ether oxygens (including phenoxy) is 1. The maximum atomic E-state index is 11.4. The van der Waals surface area contributed by atoms with Crippen molar-refractivity contribution in [2.75, 3.05) is 13.2 Å². The molecule has 86 valence electrons. The summed E-state index contributed by atoms with van der Waals surface area (Å²) in [6.45, 7) is 7.49. The molecule has 1 amide bonds. The molecule has 1 saturated heterocycles. The van der Waals surface area contributed by atoms with Gasteiger partial charge in [-0.2, -0.15) is 0 Å². The fraction of sp³-hybridized carbons (Fsp3) is 0.800. The molecule has 5 nitrogen and oxygen atoms in total. The van der Waals surface area contributed by atoms with Crippen molar-refractivity contribution < 1.29 is 19.4 Å². The molecule has 15 heavy (non-hydrogen) atoms. The smallest absolute Gasteiger partial charge is 0.410 e. The number of carboxylic acids is 1. The third-order valence-corrected chi connectivity index (χ3v) is 3.50. The summed E-state index contributed by atoms with van der Waals surface area (Å²) in [5.41, 5.74) is -1.79. The van der Waals surface area contributed by atoms with Gasteiger partial charge >= 0.3 is 12.1 Å². The van der Waals surface area contributed by atoms with Gasteiger partial charge in [-0.15, -0.1) is 0 Å². The molecule has 5 heteroatoms. The van der Waals surface area contributed by atoms with E-state index >= 15 is 0 Å². The normalized spacial score (nSPS) is 17.9. The van der Waals surface area contributed by atoms with E-state index in [0.29, 0.717) is 13.2 Å². The quantitative estimate of drug-likeness (QED) is 0.771. The fourth-order valence-corrected chi connectivity index (χ4v) is 1.50. The molecular weight excluding hydrogens is 198 g/mol. The third-order valence-electron chi connectivity index (χ3n) is 3.50. The fourth-order valence-electron chi connectivity index (χ4n) is 1.50. The SMILES string of the molecule is CC(C)(C(=O)O)C(C)(C)N1CCOC1=O. The number of carbonyl (C=O) groups excluding carboxylic acids is 1. The Morgan fingerprint density at radius 2 is 1.93 bits per heavy atom. The average Bonchev–Trinajstić information content (AvgIpc) is 2.51. The van der Waals surface area contributed by atoms with Gasteiger partial charge < -0.3 is 9.84 Å². The lowest BCUT2D eigenvalue weighted by molar-refractivity contribution is -0.153. The van der Waals surface area contributed by atoms with Crippen molar-refractivity contribution in [1.82, 2.24) is 4.90 Å². The number of amides is 1. The van der Waals surface area contributed by atoms with E-state index in [4.69, 9.17) is 9.84 Å². The minimum atomic E-state index is -1.02. The van der Waals surface area contributed by atoms with Gasteiger partial charge in [-0.1, -0.05) is 0 Å². The van der Waals surface area contributed by atoms with Crippen molar-refractivity contribution >= 4 is 12.1 Å². The third kappa shape index (κ3) is 1.66. The first-order valence-electron chi connectivity index (χ1n) is 4.89. The van der Waals surface area contributed by atoms with Gasteiger partial charge in [0.05, 0.1) is 17.5 Å². The Labute approximate surface area is 89.0 Å². The van der Waals surface area contributed by atoms with Crippen LogP contribution in [0.5, 0.6) is 0 Å². The summed E-state index contributed by atoms with van der Waals surface area (Å²) < 4.78 is 4.82. The van der Waals surface area contributed by atoms with Gasteiger partial charge in [-0.3, -0.25) is 9.69 Å². The Kier molecular flexibility index (Phi) is 2.67. The van der Waals surface area contributed by atoms with Crippen LogP contribution in [0.4, 0.5) is 4.79 Å². The summed E-state index contributed by atoms with van der Waals surface area (Å²) in [6.07, 6.45) is -0.436. The Bertz CT molecular complexity index is 296. The molecule has 0 unspecified atom stereocenters. The lowest BCUT2D eigenvalue weighted by Gasteiger charge is -2.43. The summed E-state index contributed by atoms with van der Waals surface area (Å²) in [5, 5.41) is 9.14. The highest BCUT2D eigenvalue weighted by Gasteiger charge is 2.50. The number of rotatable bonds is 3. The molecule has 0 aliphatic carbocycles. The van der Waals surface area contributed by atoms with Crippen LogP contribution in [0.15, 0.2) is 0 Å². The monoisotopic (exact) mass is 215 g/mol. The number of carboxylic acid groups (broad SMARTS) is 1. The summed E-state index contributed by atoms with van der Waals surface area (Å²) in [7, 11) is 0. The highest BCUT2D eigenvalue weighted by molar-refractivity contribution is 5.78. The molecule has 0 radical (unpaired) electrons. The van der Waals surface area contributed by atoms with E-state index in [1.807, 2.05) is 0 Å². The first kappa shape index (κ1) is 11.8. The van der Waals surface area contributed by atoms with Crippen molar-refractivity contribution in [3.63, 3.8) is 0 Å². The highest BCUT2D eigenvalue weighted by atomic mass is 16.6. The molecule has 0 bridgehead atoms. The van der Waals surface area contributed by atoms with E-state index in [-0.39, 0.29) is 0 Å². The number of nitrogens with zero attached hydrogens (tertiary/aromatic N) is 1. The highest BCUT2D eigenvalue weighted by Crippen LogP contribution is 2.37. The number of carbonyl (C=O) groups is 2. The Morgan fingerprint density at radius 3 is 2.27 bits per heavy atom. The number of aliphatic carboxylic acids is 1. The molecule has 1 aliphatic heterocycles. The molecule has 1 fully saturated rings. The summed E-state index contributed by atoms with van der Waals surface area (Å²) in [6, 6.07) is 0. The van der Waals surface area contributed by atoms with Gasteiger partial charge in [0.25, 0.3) is 0 Å². The van der Waals surface area contributed by atoms with Crippen LogP contribution in [0.25, 0.3) is 0 Å². The number of hydrogen-bond donors (Lipinski definition) is 1. The minimum Gasteiger partial charge on any atom is -0.481 e. The van der Waals surface area contributed by atoms with Gasteiger partial charge in [0, 0.05) is 0 Å². The van der Waals surface area contributed by atoms with Gasteiger partial charge in [-0.05, 0) is 27.7 Å². The second-order valence-electron chi connectivity index (χ2n) is 4.76. The van der Waals surface area contributed by atoms with Crippen LogP contribution in [-0.2, 0) is 9.53 Å². The molecule has 1 aliphatic rings. The van der Waals surface area contributed by atoms with E-state index in [9.17, 15) is 9.59 Å². The van der Waals surface area contributed by atoms with Crippen molar-refractivity contribution in [2.45, 2.75) is 33.2 Å². The van der Waals surface area contributed by atoms with E-state index in [0.717, 1.165) is 0 Å². The van der Waals surface area contributed by atoms with E-state index in [1.54, 1.807) is 27.7 Å². The molecule has 0 aromatic rings. The van der Waals surface area contributed by atoms with Crippen LogP contribution < -0.4 is 0 Å². The van der Waals surface area contributed by atoms with Crippen LogP contribution in [-0.4, -0.2) is 40.8 Å². The molecule has 0 aromatic carbocycles. The Hall–Kier alpha value is -1.26. The van der Waals surface area contributed by atoms with E-state index in [2.05, 4.69) is 0 Å². The zero-order chi connectivity index (χ0) is 11.9. The standard InChI is InChI=1S/C10H17NO4/c1-9(2,7(12)13)10(3,4)11-5-6-15-8(11)14/h5-6H2,1-4H3,(H,12,13). The summed E-state index contributed by atoms with van der Waals surface area (Å²) in [4.78, 5) is 24.0. The molecule has 0 saturated carbocycles. The van der Waals surface area contributed by atoms with Gasteiger partial charge in [0.2, 0.25) is 0 Å². The van der Waals surface area contributed by atoms with Crippen LogP contribution in [0, 0.1) is 5.41 Å². The van der Waals surface area contributed by atoms with Crippen molar-refractivity contribution in [3.8, 4) is 0 Å². The lowest BCUT2D eigenvalue weighted by atomic mass is 9.73. The second-order valence-corrected chi connectivity index (χ2v) is 4.76. The summed E-state index contributed by atoms with van der Waals surface area (Å²) >= 11 is 0. The van der Waals surface area contributed by atoms with Crippen LogP contribution >= 0.6 is 0 Å². The average molecular weight is 215 g/mol. The van der Waals surface area contributed by atoms with E-state index in [1.165, 1.54) is 4.90 Å². The van der Waals surface area contributed by atoms with Crippen molar-refractivity contribution in [2.24, 2.45) is 5.41 Å². The zero-order valence-electron chi connectivity index (χ0n) is 9.53. The molecule has 1 N–H and O–H groups in total. The van der Waals surface area contributed by atoms with Crippen LogP contribution in [0.1, 0.15) is 27.7 Å². The van der Waals surface area contributed by atoms with Gasteiger partial charge in [0.15, 0.2) is 0 Å². The first-order chi connectivity index (χ1) is 6.71. The summed E-state index contributed by atoms with van der Waals surface area (Å²) in [5.74, 6) is -0.924. The van der Waals surface area contributed by atoms with Crippen molar-refractivity contribution in [1.29, 1.82) is 0 Å². The number of hydrogen-bond acceptors (Lipinski definition) is 3. The predicted octanol–water partition coefficient (Wildman–Crippen LogP) is 1.33. The molecule has 0 atom stereocenters. The maximum absolute atomic E-state index is 11.4. The molecule has 0 aromatic heterocycles. The van der Waals surface area contributed by atoms with E-state index < -0.39 is 23.0 Å². The molecule has 1 heterocycles. The second kappa shape index (κ2) is 3.40. The minimum absolute atomic E-state index is 0.331. The predicted molar refractivity (Wildman–Crippen MR) is 53.5 cm³/mol. The molecular formula is C10H17NO4. The van der Waals surface area contributed by atoms with Crippen LogP contribution in [0.3, 0.4) is 0 Å². The Morgan fingerprint density at radius 1 is 1.40 bits per heavy atom. The Balaban J connectivity index is 3.00. The molecule has 0 spiro atoms. The zero-order valence-corrected chi connectivity index (χ0v) is 9.53. The van der Waals surface area contributed by atoms with Crippen LogP contribution in [0.2, 0.25) is 0 Å². The topological polar surface area (TPSA) is 66.8 Å². The lowest BCUT2D eigenvalue weighted by Crippen LogP contribution is -2.57.